The minimum Gasteiger partial charge on any atom is -0.316 e. The second-order valence-corrected chi connectivity index (χ2v) is 3.87. The molecule has 1 heterocycles. The van der Waals surface area contributed by atoms with Crippen molar-refractivity contribution in [2.75, 3.05) is 13.1 Å². The third kappa shape index (κ3) is 0.710. The van der Waals surface area contributed by atoms with Crippen LogP contribution in [0.1, 0.15) is 26.2 Å². The molecule has 0 bridgehead atoms. The van der Waals surface area contributed by atoms with Gasteiger partial charge in [0.2, 0.25) is 0 Å². The van der Waals surface area contributed by atoms with Crippen LogP contribution in [0.3, 0.4) is 0 Å². The maximum atomic E-state index is 3.46. The molecule has 1 aliphatic carbocycles. The van der Waals surface area contributed by atoms with E-state index in [1.165, 1.54) is 32.4 Å². The lowest BCUT2D eigenvalue weighted by molar-refractivity contribution is 0.306. The summed E-state index contributed by atoms with van der Waals surface area (Å²) in [7, 11) is 0. The van der Waals surface area contributed by atoms with Crippen molar-refractivity contribution in [1.29, 1.82) is 0 Å². The Balaban J connectivity index is 2.17. The zero-order valence-corrected chi connectivity index (χ0v) is 6.11. The Labute approximate surface area is 56.8 Å². The minimum atomic E-state index is 0.694. The van der Waals surface area contributed by atoms with Crippen molar-refractivity contribution in [3.63, 3.8) is 0 Å². The maximum Gasteiger partial charge on any atom is 0.000841 e. The van der Waals surface area contributed by atoms with Crippen LogP contribution in [0, 0.1) is 11.3 Å². The predicted molar refractivity (Wildman–Crippen MR) is 38.3 cm³/mol. The second-order valence-electron chi connectivity index (χ2n) is 3.87. The van der Waals surface area contributed by atoms with Crippen LogP contribution in [0.25, 0.3) is 0 Å². The quantitative estimate of drug-likeness (QED) is 0.516. The third-order valence-corrected chi connectivity index (χ3v) is 3.21. The highest BCUT2D eigenvalue weighted by molar-refractivity contribution is 4.95. The van der Waals surface area contributed by atoms with E-state index < -0.39 is 0 Å². The fourth-order valence-corrected chi connectivity index (χ4v) is 2.42. The van der Waals surface area contributed by atoms with Gasteiger partial charge in [0.1, 0.15) is 0 Å². The van der Waals surface area contributed by atoms with Crippen LogP contribution in [0.15, 0.2) is 0 Å². The first kappa shape index (κ1) is 5.72. The minimum absolute atomic E-state index is 0.694. The van der Waals surface area contributed by atoms with Crippen molar-refractivity contribution in [3.05, 3.63) is 0 Å². The van der Waals surface area contributed by atoms with Crippen molar-refractivity contribution in [2.45, 2.75) is 26.2 Å². The molecule has 0 unspecified atom stereocenters. The SMILES string of the molecule is C[C@]12CCC[C@H]1CNC2. The molecule has 1 aliphatic heterocycles. The fourth-order valence-electron chi connectivity index (χ4n) is 2.42. The molecule has 52 valence electrons. The molecule has 0 aromatic carbocycles. The van der Waals surface area contributed by atoms with Gasteiger partial charge < -0.3 is 5.32 Å². The topological polar surface area (TPSA) is 12.0 Å². The van der Waals surface area contributed by atoms with E-state index in [4.69, 9.17) is 0 Å². The highest BCUT2D eigenvalue weighted by Crippen LogP contribution is 2.44. The number of rotatable bonds is 0. The van der Waals surface area contributed by atoms with E-state index in [9.17, 15) is 0 Å². The molecular formula is C8H15N. The van der Waals surface area contributed by atoms with Crippen molar-refractivity contribution in [3.8, 4) is 0 Å². The Hall–Kier alpha value is -0.0400. The second kappa shape index (κ2) is 1.72. The molecule has 1 saturated heterocycles. The highest BCUT2D eigenvalue weighted by atomic mass is 14.9. The van der Waals surface area contributed by atoms with Gasteiger partial charge in [-0.2, -0.15) is 0 Å². The highest BCUT2D eigenvalue weighted by Gasteiger charge is 2.41. The molecule has 1 N–H and O–H groups in total. The Kier molecular flexibility index (Phi) is 1.10. The molecule has 0 spiro atoms. The van der Waals surface area contributed by atoms with Crippen molar-refractivity contribution in [1.82, 2.24) is 5.32 Å². The van der Waals surface area contributed by atoms with E-state index in [1.54, 1.807) is 0 Å². The summed E-state index contributed by atoms with van der Waals surface area (Å²) in [6, 6.07) is 0. The van der Waals surface area contributed by atoms with Gasteiger partial charge in [0.15, 0.2) is 0 Å². The van der Waals surface area contributed by atoms with Crippen molar-refractivity contribution >= 4 is 0 Å². The zero-order chi connectivity index (χ0) is 6.32. The summed E-state index contributed by atoms with van der Waals surface area (Å²) >= 11 is 0. The number of hydrogen-bond acceptors (Lipinski definition) is 1. The molecule has 0 radical (unpaired) electrons. The summed E-state index contributed by atoms with van der Waals surface area (Å²) in [5.74, 6) is 1.01. The molecule has 2 rings (SSSR count). The van der Waals surface area contributed by atoms with Crippen LogP contribution in [0.4, 0.5) is 0 Å². The van der Waals surface area contributed by atoms with E-state index >= 15 is 0 Å². The molecular weight excluding hydrogens is 110 g/mol. The Morgan fingerprint density at radius 1 is 1.56 bits per heavy atom. The summed E-state index contributed by atoms with van der Waals surface area (Å²) in [6.07, 6.45) is 4.41. The van der Waals surface area contributed by atoms with E-state index in [2.05, 4.69) is 12.2 Å². The van der Waals surface area contributed by atoms with Gasteiger partial charge in [-0.15, -0.1) is 0 Å². The normalized spacial score (nSPS) is 49.7. The first-order valence-corrected chi connectivity index (χ1v) is 4.02. The van der Waals surface area contributed by atoms with Crippen LogP contribution in [-0.2, 0) is 0 Å². The monoisotopic (exact) mass is 125 g/mol. The lowest BCUT2D eigenvalue weighted by atomic mass is 9.83. The molecule has 1 nitrogen and oxygen atoms in total. The summed E-state index contributed by atoms with van der Waals surface area (Å²) < 4.78 is 0. The van der Waals surface area contributed by atoms with Gasteiger partial charge in [-0.05, 0) is 30.7 Å². The van der Waals surface area contributed by atoms with Gasteiger partial charge >= 0.3 is 0 Å². The van der Waals surface area contributed by atoms with Gasteiger partial charge in [0.25, 0.3) is 0 Å². The summed E-state index contributed by atoms with van der Waals surface area (Å²) in [6.45, 7) is 5.00. The Morgan fingerprint density at radius 3 is 3.22 bits per heavy atom. The molecule has 1 heteroatoms. The van der Waals surface area contributed by atoms with Crippen LogP contribution in [-0.4, -0.2) is 13.1 Å². The molecule has 9 heavy (non-hydrogen) atoms. The van der Waals surface area contributed by atoms with Gasteiger partial charge in [-0.3, -0.25) is 0 Å². The van der Waals surface area contributed by atoms with Gasteiger partial charge in [-0.1, -0.05) is 13.3 Å². The van der Waals surface area contributed by atoms with Gasteiger partial charge in [0, 0.05) is 6.54 Å². The Morgan fingerprint density at radius 2 is 2.44 bits per heavy atom. The lowest BCUT2D eigenvalue weighted by Gasteiger charge is -2.21. The smallest absolute Gasteiger partial charge is 0.000841 e. The Bertz CT molecular complexity index is 110. The number of nitrogens with one attached hydrogen (secondary N) is 1. The van der Waals surface area contributed by atoms with Gasteiger partial charge in [0.05, 0.1) is 0 Å². The molecule has 0 aromatic rings. The van der Waals surface area contributed by atoms with E-state index in [0.29, 0.717) is 5.41 Å². The third-order valence-electron chi connectivity index (χ3n) is 3.21. The maximum absolute atomic E-state index is 3.46. The predicted octanol–water partition coefficient (Wildman–Crippen LogP) is 1.40. The van der Waals surface area contributed by atoms with E-state index in [-0.39, 0.29) is 0 Å². The molecule has 2 atom stereocenters. The standard InChI is InChI=1S/C8H15N/c1-8-4-2-3-7(8)5-9-6-8/h7,9H,2-6H2,1H3/t7-,8+/m0/s1. The number of fused-ring (bicyclic) bond motifs is 1. The van der Waals surface area contributed by atoms with E-state index in [1.807, 2.05) is 0 Å². The first-order chi connectivity index (χ1) is 4.31. The van der Waals surface area contributed by atoms with Crippen molar-refractivity contribution in [2.24, 2.45) is 11.3 Å². The van der Waals surface area contributed by atoms with Gasteiger partial charge in [-0.25, -0.2) is 0 Å². The molecule has 2 fully saturated rings. The van der Waals surface area contributed by atoms with Crippen LogP contribution < -0.4 is 5.32 Å². The summed E-state index contributed by atoms with van der Waals surface area (Å²) in [5, 5.41) is 3.46. The van der Waals surface area contributed by atoms with Crippen LogP contribution in [0.2, 0.25) is 0 Å². The molecule has 1 saturated carbocycles. The molecule has 0 amide bonds. The lowest BCUT2D eigenvalue weighted by Crippen LogP contribution is -2.20. The average Bonchev–Trinajstić information content (AvgIpc) is 2.22. The summed E-state index contributed by atoms with van der Waals surface area (Å²) in [5.41, 5.74) is 0.694. The number of hydrogen-bond donors (Lipinski definition) is 1. The molecule has 0 aromatic heterocycles. The first-order valence-electron chi connectivity index (χ1n) is 4.02. The van der Waals surface area contributed by atoms with Crippen LogP contribution >= 0.6 is 0 Å². The summed E-state index contributed by atoms with van der Waals surface area (Å²) in [4.78, 5) is 0. The fraction of sp³-hybridized carbons (Fsp3) is 1.00. The average molecular weight is 125 g/mol. The zero-order valence-electron chi connectivity index (χ0n) is 6.11. The largest absolute Gasteiger partial charge is 0.316 e. The van der Waals surface area contributed by atoms with Crippen molar-refractivity contribution < 1.29 is 0 Å². The van der Waals surface area contributed by atoms with E-state index in [0.717, 1.165) is 5.92 Å². The van der Waals surface area contributed by atoms with Crippen LogP contribution in [0.5, 0.6) is 0 Å². The molecule has 2 aliphatic rings.